The highest BCUT2D eigenvalue weighted by Gasteiger charge is 2.13. The lowest BCUT2D eigenvalue weighted by Crippen LogP contribution is -2.09. The van der Waals surface area contributed by atoms with Crippen molar-refractivity contribution in [3.63, 3.8) is 0 Å². The van der Waals surface area contributed by atoms with Crippen molar-refractivity contribution < 1.29 is 4.74 Å². The highest BCUT2D eigenvalue weighted by atomic mass is 16.5. The van der Waals surface area contributed by atoms with Gasteiger partial charge in [-0.15, -0.1) is 0 Å². The average molecular weight is 255 g/mol. The van der Waals surface area contributed by atoms with Crippen molar-refractivity contribution in [1.82, 2.24) is 5.32 Å². The molecule has 1 fully saturated rings. The van der Waals surface area contributed by atoms with Gasteiger partial charge in [0.15, 0.2) is 0 Å². The Kier molecular flexibility index (Phi) is 3.69. The van der Waals surface area contributed by atoms with Gasteiger partial charge in [-0.3, -0.25) is 0 Å². The Labute approximate surface area is 114 Å². The van der Waals surface area contributed by atoms with E-state index in [1.807, 2.05) is 6.07 Å². The third-order valence-corrected chi connectivity index (χ3v) is 4.12. The van der Waals surface area contributed by atoms with Gasteiger partial charge >= 0.3 is 0 Å². The van der Waals surface area contributed by atoms with Gasteiger partial charge in [-0.05, 0) is 66.7 Å². The van der Waals surface area contributed by atoms with E-state index in [1.54, 1.807) is 7.11 Å². The predicted octanol–water partition coefficient (Wildman–Crippen LogP) is 3.39. The minimum Gasteiger partial charge on any atom is -0.497 e. The second-order valence-electron chi connectivity index (χ2n) is 5.44. The van der Waals surface area contributed by atoms with Gasteiger partial charge in [0.05, 0.1) is 7.11 Å². The van der Waals surface area contributed by atoms with Gasteiger partial charge in [-0.1, -0.05) is 24.3 Å². The first kappa shape index (κ1) is 12.5. The Morgan fingerprint density at radius 2 is 2.00 bits per heavy atom. The summed E-state index contributed by atoms with van der Waals surface area (Å²) in [6.45, 7) is 2.40. The number of aryl methyl sites for hydroxylation is 1. The smallest absolute Gasteiger partial charge is 0.119 e. The molecule has 0 aliphatic carbocycles. The SMILES string of the molecule is COc1ccc2cc(CCC3CCNC3)ccc2c1. The summed E-state index contributed by atoms with van der Waals surface area (Å²) in [5, 5.41) is 6.00. The van der Waals surface area contributed by atoms with Crippen LogP contribution in [-0.2, 0) is 6.42 Å². The molecule has 2 nitrogen and oxygen atoms in total. The summed E-state index contributed by atoms with van der Waals surface area (Å²) in [6, 6.07) is 13.1. The standard InChI is InChI=1S/C17H21NO/c1-19-17-7-6-15-10-13(4-5-16(15)11-17)2-3-14-8-9-18-12-14/h4-7,10-11,14,18H,2-3,8-9,12H2,1H3. The maximum Gasteiger partial charge on any atom is 0.119 e. The third kappa shape index (κ3) is 2.90. The summed E-state index contributed by atoms with van der Waals surface area (Å²) in [4.78, 5) is 0. The molecule has 0 bridgehead atoms. The van der Waals surface area contributed by atoms with Crippen molar-refractivity contribution in [2.45, 2.75) is 19.3 Å². The molecule has 1 heterocycles. The maximum absolute atomic E-state index is 5.26. The van der Waals surface area contributed by atoms with Gasteiger partial charge in [0.25, 0.3) is 0 Å². The summed E-state index contributed by atoms with van der Waals surface area (Å²) < 4.78 is 5.26. The third-order valence-electron chi connectivity index (χ3n) is 4.12. The second-order valence-corrected chi connectivity index (χ2v) is 5.44. The maximum atomic E-state index is 5.26. The Morgan fingerprint density at radius 3 is 2.79 bits per heavy atom. The fourth-order valence-corrected chi connectivity index (χ4v) is 2.89. The van der Waals surface area contributed by atoms with E-state index in [9.17, 15) is 0 Å². The summed E-state index contributed by atoms with van der Waals surface area (Å²) in [5.41, 5.74) is 1.45. The first-order valence-electron chi connectivity index (χ1n) is 7.12. The molecule has 2 aromatic carbocycles. The zero-order chi connectivity index (χ0) is 13.1. The van der Waals surface area contributed by atoms with E-state index >= 15 is 0 Å². The van der Waals surface area contributed by atoms with E-state index < -0.39 is 0 Å². The summed E-state index contributed by atoms with van der Waals surface area (Å²) in [7, 11) is 1.71. The van der Waals surface area contributed by atoms with Gasteiger partial charge in [0.2, 0.25) is 0 Å². The molecule has 2 aromatic rings. The minimum atomic E-state index is 0.867. The topological polar surface area (TPSA) is 21.3 Å². The number of hydrogen-bond donors (Lipinski definition) is 1. The van der Waals surface area contributed by atoms with E-state index in [4.69, 9.17) is 4.74 Å². The molecule has 1 saturated heterocycles. The van der Waals surface area contributed by atoms with Crippen LogP contribution in [0.4, 0.5) is 0 Å². The molecule has 1 aliphatic rings. The van der Waals surface area contributed by atoms with E-state index in [2.05, 4.69) is 35.6 Å². The van der Waals surface area contributed by atoms with Gasteiger partial charge < -0.3 is 10.1 Å². The second kappa shape index (κ2) is 5.62. The van der Waals surface area contributed by atoms with Gasteiger partial charge in [-0.2, -0.15) is 0 Å². The number of hydrogen-bond acceptors (Lipinski definition) is 2. The Morgan fingerprint density at radius 1 is 1.16 bits per heavy atom. The first-order chi connectivity index (χ1) is 9.35. The Balaban J connectivity index is 1.73. The van der Waals surface area contributed by atoms with E-state index in [-0.39, 0.29) is 0 Å². The van der Waals surface area contributed by atoms with Crippen LogP contribution < -0.4 is 10.1 Å². The molecule has 0 amide bonds. The molecule has 0 saturated carbocycles. The number of rotatable bonds is 4. The van der Waals surface area contributed by atoms with Crippen LogP contribution in [0.1, 0.15) is 18.4 Å². The lowest BCUT2D eigenvalue weighted by atomic mass is 9.97. The highest BCUT2D eigenvalue weighted by Crippen LogP contribution is 2.23. The van der Waals surface area contributed by atoms with Crippen molar-refractivity contribution >= 4 is 10.8 Å². The largest absolute Gasteiger partial charge is 0.497 e. The molecule has 100 valence electrons. The van der Waals surface area contributed by atoms with Crippen LogP contribution in [0.25, 0.3) is 10.8 Å². The van der Waals surface area contributed by atoms with Crippen LogP contribution in [-0.4, -0.2) is 20.2 Å². The zero-order valence-electron chi connectivity index (χ0n) is 11.5. The molecule has 0 radical (unpaired) electrons. The molecule has 0 aromatic heterocycles. The van der Waals surface area contributed by atoms with E-state index in [1.165, 1.54) is 48.7 Å². The highest BCUT2D eigenvalue weighted by molar-refractivity contribution is 5.84. The van der Waals surface area contributed by atoms with Crippen LogP contribution >= 0.6 is 0 Å². The van der Waals surface area contributed by atoms with Gasteiger partial charge in [0.1, 0.15) is 5.75 Å². The first-order valence-corrected chi connectivity index (χ1v) is 7.12. The molecule has 1 atom stereocenters. The van der Waals surface area contributed by atoms with Crippen LogP contribution in [0.15, 0.2) is 36.4 Å². The fourth-order valence-electron chi connectivity index (χ4n) is 2.89. The van der Waals surface area contributed by atoms with Crippen LogP contribution in [0.3, 0.4) is 0 Å². The van der Waals surface area contributed by atoms with E-state index in [0.29, 0.717) is 0 Å². The normalized spacial score (nSPS) is 18.9. The minimum absolute atomic E-state index is 0.867. The molecule has 0 spiro atoms. The molecule has 3 rings (SSSR count). The predicted molar refractivity (Wildman–Crippen MR) is 79.8 cm³/mol. The van der Waals surface area contributed by atoms with Gasteiger partial charge in [-0.25, -0.2) is 0 Å². The number of ether oxygens (including phenoxy) is 1. The van der Waals surface area contributed by atoms with Crippen molar-refractivity contribution in [1.29, 1.82) is 0 Å². The lowest BCUT2D eigenvalue weighted by molar-refractivity contribution is 0.415. The molecule has 1 aliphatic heterocycles. The summed E-state index contributed by atoms with van der Waals surface area (Å²) in [5.74, 6) is 1.80. The molecule has 19 heavy (non-hydrogen) atoms. The molecular formula is C17H21NO. The summed E-state index contributed by atoms with van der Waals surface area (Å²) >= 11 is 0. The van der Waals surface area contributed by atoms with Crippen molar-refractivity contribution in [2.75, 3.05) is 20.2 Å². The van der Waals surface area contributed by atoms with Crippen LogP contribution in [0, 0.1) is 5.92 Å². The number of methoxy groups -OCH3 is 1. The zero-order valence-corrected chi connectivity index (χ0v) is 11.5. The fraction of sp³-hybridized carbons (Fsp3) is 0.412. The monoisotopic (exact) mass is 255 g/mol. The molecule has 1 unspecified atom stereocenters. The van der Waals surface area contributed by atoms with Crippen molar-refractivity contribution in [3.8, 4) is 5.75 Å². The van der Waals surface area contributed by atoms with Crippen LogP contribution in [0.2, 0.25) is 0 Å². The summed E-state index contributed by atoms with van der Waals surface area (Å²) in [6.07, 6.45) is 3.83. The average Bonchev–Trinajstić information content (AvgIpc) is 2.97. The van der Waals surface area contributed by atoms with Crippen molar-refractivity contribution in [3.05, 3.63) is 42.0 Å². The van der Waals surface area contributed by atoms with E-state index in [0.717, 1.165) is 11.7 Å². The molecule has 1 N–H and O–H groups in total. The number of nitrogens with one attached hydrogen (secondary N) is 1. The quantitative estimate of drug-likeness (QED) is 0.904. The Hall–Kier alpha value is -1.54. The van der Waals surface area contributed by atoms with Gasteiger partial charge in [0, 0.05) is 0 Å². The molecular weight excluding hydrogens is 234 g/mol. The van der Waals surface area contributed by atoms with Crippen molar-refractivity contribution in [2.24, 2.45) is 5.92 Å². The lowest BCUT2D eigenvalue weighted by Gasteiger charge is -2.09. The number of fused-ring (bicyclic) bond motifs is 1. The van der Waals surface area contributed by atoms with Crippen LogP contribution in [0.5, 0.6) is 5.75 Å². The Bertz CT molecular complexity index is 558. The number of benzene rings is 2. The molecule has 2 heteroatoms.